The average molecular weight is 437 g/mol. The van der Waals surface area contributed by atoms with E-state index in [2.05, 4.69) is 27.5 Å². The van der Waals surface area contributed by atoms with E-state index in [0.717, 1.165) is 52.2 Å². The van der Waals surface area contributed by atoms with Crippen LogP contribution >= 0.6 is 0 Å². The highest BCUT2D eigenvalue weighted by atomic mass is 16.3. The first-order valence-corrected chi connectivity index (χ1v) is 11.0. The minimum Gasteiger partial charge on any atom is -0.384 e. The third kappa shape index (κ3) is 3.33. The van der Waals surface area contributed by atoms with Gasteiger partial charge in [0.2, 0.25) is 0 Å². The molecule has 4 N–H and O–H groups in total. The van der Waals surface area contributed by atoms with Crippen LogP contribution in [0.3, 0.4) is 0 Å². The van der Waals surface area contributed by atoms with Gasteiger partial charge < -0.3 is 20.8 Å². The Morgan fingerprint density at radius 1 is 1.00 bits per heavy atom. The Morgan fingerprint density at radius 2 is 1.76 bits per heavy atom. The van der Waals surface area contributed by atoms with E-state index < -0.39 is 6.10 Å². The molecule has 3 aromatic carbocycles. The third-order valence-electron chi connectivity index (χ3n) is 6.55. The lowest BCUT2D eigenvalue weighted by Gasteiger charge is -2.19. The number of H-pyrrole nitrogens is 1. The molecule has 0 aliphatic carbocycles. The molecule has 2 aliphatic rings. The van der Waals surface area contributed by atoms with Crippen molar-refractivity contribution in [2.45, 2.75) is 25.2 Å². The molecule has 2 aliphatic heterocycles. The summed E-state index contributed by atoms with van der Waals surface area (Å²) >= 11 is 0. The molecule has 0 fully saturated rings. The normalized spacial score (nSPS) is 19.7. The number of hydrazone groups is 1. The number of fused-ring (bicyclic) bond motifs is 2. The molecule has 6 rings (SSSR count). The maximum absolute atomic E-state index is 11.2. The van der Waals surface area contributed by atoms with Crippen molar-refractivity contribution >= 4 is 23.0 Å². The van der Waals surface area contributed by atoms with E-state index in [1.54, 1.807) is 5.01 Å². The molecule has 164 valence electrons. The van der Waals surface area contributed by atoms with Crippen LogP contribution in [0.25, 0.3) is 22.2 Å². The van der Waals surface area contributed by atoms with Crippen molar-refractivity contribution in [3.05, 3.63) is 88.7 Å². The zero-order valence-electron chi connectivity index (χ0n) is 18.2. The number of likely N-dealkylation sites (N-methyl/N-ethyl adjacent to an activating group) is 1. The summed E-state index contributed by atoms with van der Waals surface area (Å²) in [6, 6.07) is 19.8. The smallest absolute Gasteiger partial charge is 0.136 e. The van der Waals surface area contributed by atoms with E-state index in [1.165, 1.54) is 17.3 Å². The first-order chi connectivity index (χ1) is 16.1. The SMILES string of the molecule is CN1N=C(c2ccc(-c3cccc(C=N)c3)cc2)C(O)C1c1nc2cc3c(cc2[nH]1)CNC3. The highest BCUT2D eigenvalue weighted by Gasteiger charge is 2.38. The van der Waals surface area contributed by atoms with E-state index in [9.17, 15) is 5.11 Å². The van der Waals surface area contributed by atoms with Crippen LogP contribution in [0.5, 0.6) is 0 Å². The number of imidazole rings is 1. The topological polar surface area (TPSA) is 100 Å². The maximum atomic E-state index is 11.2. The lowest BCUT2D eigenvalue weighted by atomic mass is 9.97. The number of aliphatic hydroxyl groups is 1. The van der Waals surface area contributed by atoms with Crippen LogP contribution in [0.1, 0.15) is 34.1 Å². The monoisotopic (exact) mass is 436 g/mol. The minimum atomic E-state index is -0.795. The van der Waals surface area contributed by atoms with Crippen LogP contribution in [0.4, 0.5) is 0 Å². The van der Waals surface area contributed by atoms with Crippen LogP contribution in [-0.2, 0) is 13.1 Å². The second-order valence-corrected chi connectivity index (χ2v) is 8.66. The Balaban J connectivity index is 1.28. The van der Waals surface area contributed by atoms with Gasteiger partial charge in [-0.2, -0.15) is 5.10 Å². The number of aromatic nitrogens is 2. The van der Waals surface area contributed by atoms with Crippen molar-refractivity contribution in [1.29, 1.82) is 5.41 Å². The number of hydrogen-bond acceptors (Lipinski definition) is 6. The van der Waals surface area contributed by atoms with Crippen molar-refractivity contribution in [3.63, 3.8) is 0 Å². The summed E-state index contributed by atoms with van der Waals surface area (Å²) in [7, 11) is 1.87. The number of benzene rings is 3. The van der Waals surface area contributed by atoms with E-state index in [4.69, 9.17) is 10.4 Å². The van der Waals surface area contributed by atoms with Gasteiger partial charge in [-0.05, 0) is 46.0 Å². The third-order valence-corrected chi connectivity index (χ3v) is 6.55. The van der Waals surface area contributed by atoms with Crippen molar-refractivity contribution < 1.29 is 5.11 Å². The molecule has 1 aromatic heterocycles. The molecular weight excluding hydrogens is 412 g/mol. The van der Waals surface area contributed by atoms with E-state index in [0.29, 0.717) is 5.71 Å². The molecule has 3 heterocycles. The standard InChI is InChI=1S/C26H24N6O/c1-32-24(26-29-21-10-19-13-28-14-20(19)11-22(21)30-26)25(33)23(31-32)17-7-5-16(6-8-17)18-4-2-3-15(9-18)12-27/h2-12,24-25,27-28,33H,13-14H2,1H3,(H,29,30). The highest BCUT2D eigenvalue weighted by Crippen LogP contribution is 2.33. The number of hydrogen-bond donors (Lipinski definition) is 4. The summed E-state index contributed by atoms with van der Waals surface area (Å²) in [6.45, 7) is 1.74. The molecule has 0 saturated carbocycles. The molecule has 7 heteroatoms. The van der Waals surface area contributed by atoms with Gasteiger partial charge >= 0.3 is 0 Å². The van der Waals surface area contributed by atoms with Gasteiger partial charge in [-0.3, -0.25) is 5.01 Å². The summed E-state index contributed by atoms with van der Waals surface area (Å²) in [6.07, 6.45) is 0.552. The largest absolute Gasteiger partial charge is 0.384 e. The number of aliphatic hydroxyl groups excluding tert-OH is 1. The molecule has 2 atom stereocenters. The Kier molecular flexibility index (Phi) is 4.60. The quantitative estimate of drug-likeness (QED) is 0.367. The summed E-state index contributed by atoms with van der Waals surface area (Å²) < 4.78 is 0. The van der Waals surface area contributed by atoms with Crippen molar-refractivity contribution in [2.75, 3.05) is 7.05 Å². The van der Waals surface area contributed by atoms with Crippen molar-refractivity contribution in [2.24, 2.45) is 5.10 Å². The summed E-state index contributed by atoms with van der Waals surface area (Å²) in [5.74, 6) is 0.718. The minimum absolute atomic E-state index is 0.371. The summed E-state index contributed by atoms with van der Waals surface area (Å²) in [5.41, 5.74) is 8.96. The predicted octanol–water partition coefficient (Wildman–Crippen LogP) is 3.58. The molecular formula is C26H24N6O. The lowest BCUT2D eigenvalue weighted by Crippen LogP contribution is -2.29. The van der Waals surface area contributed by atoms with Crippen LogP contribution < -0.4 is 5.32 Å². The molecule has 0 saturated heterocycles. The average Bonchev–Trinajstić information content (AvgIpc) is 3.53. The maximum Gasteiger partial charge on any atom is 0.136 e. The van der Waals surface area contributed by atoms with Gasteiger partial charge in [-0.15, -0.1) is 0 Å². The second kappa shape index (κ2) is 7.65. The van der Waals surface area contributed by atoms with Gasteiger partial charge in [0.1, 0.15) is 18.0 Å². The highest BCUT2D eigenvalue weighted by molar-refractivity contribution is 6.05. The van der Waals surface area contributed by atoms with Gasteiger partial charge in [0.25, 0.3) is 0 Å². The zero-order chi connectivity index (χ0) is 22.5. The lowest BCUT2D eigenvalue weighted by molar-refractivity contribution is 0.134. The fourth-order valence-corrected chi connectivity index (χ4v) is 4.81. The fourth-order valence-electron chi connectivity index (χ4n) is 4.81. The van der Waals surface area contributed by atoms with E-state index in [-0.39, 0.29) is 6.04 Å². The van der Waals surface area contributed by atoms with Crippen molar-refractivity contribution in [1.82, 2.24) is 20.3 Å². The molecule has 2 unspecified atom stereocenters. The number of nitrogens with zero attached hydrogens (tertiary/aromatic N) is 3. The Morgan fingerprint density at radius 3 is 2.55 bits per heavy atom. The van der Waals surface area contributed by atoms with Crippen LogP contribution in [-0.4, -0.2) is 45.2 Å². The van der Waals surface area contributed by atoms with E-state index >= 15 is 0 Å². The summed E-state index contributed by atoms with van der Waals surface area (Å²) in [4.78, 5) is 8.20. The number of aromatic amines is 1. The Hall–Kier alpha value is -3.81. The second-order valence-electron chi connectivity index (χ2n) is 8.66. The molecule has 4 aromatic rings. The molecule has 0 bridgehead atoms. The van der Waals surface area contributed by atoms with Gasteiger partial charge in [-0.25, -0.2) is 4.98 Å². The van der Waals surface area contributed by atoms with Gasteiger partial charge in [0, 0.05) is 31.9 Å². The fraction of sp³-hybridized carbons (Fsp3) is 0.192. The number of nitrogens with one attached hydrogen (secondary N) is 3. The first kappa shape index (κ1) is 19.8. The molecule has 33 heavy (non-hydrogen) atoms. The molecule has 7 nitrogen and oxygen atoms in total. The molecule has 0 radical (unpaired) electrons. The zero-order valence-corrected chi connectivity index (χ0v) is 18.2. The molecule has 0 amide bonds. The molecule has 0 spiro atoms. The van der Waals surface area contributed by atoms with Crippen LogP contribution in [0.15, 0.2) is 65.8 Å². The Bertz CT molecular complexity index is 1360. The van der Waals surface area contributed by atoms with E-state index in [1.807, 2.05) is 55.6 Å². The van der Waals surface area contributed by atoms with Gasteiger partial charge in [0.05, 0.1) is 16.7 Å². The number of rotatable bonds is 4. The summed E-state index contributed by atoms with van der Waals surface area (Å²) in [5, 5.41) is 28.5. The van der Waals surface area contributed by atoms with Crippen molar-refractivity contribution in [3.8, 4) is 11.1 Å². The first-order valence-electron chi connectivity index (χ1n) is 11.0. The van der Waals surface area contributed by atoms with Crippen LogP contribution in [0.2, 0.25) is 0 Å². The Labute approximate surface area is 191 Å². The van der Waals surface area contributed by atoms with Crippen LogP contribution in [0, 0.1) is 5.41 Å². The van der Waals surface area contributed by atoms with Gasteiger partial charge in [-0.1, -0.05) is 42.5 Å². The van der Waals surface area contributed by atoms with Gasteiger partial charge in [0.15, 0.2) is 0 Å². The predicted molar refractivity (Wildman–Crippen MR) is 129 cm³/mol.